The zero-order valence-electron chi connectivity index (χ0n) is 15.4. The lowest BCUT2D eigenvalue weighted by molar-refractivity contribution is -0.0355. The zero-order valence-corrected chi connectivity index (χ0v) is 15.4. The van der Waals surface area contributed by atoms with Crippen LogP contribution in [-0.2, 0) is 4.74 Å². The summed E-state index contributed by atoms with van der Waals surface area (Å²) in [5.74, 6) is -1.11. The number of aromatic nitrogens is 2. The van der Waals surface area contributed by atoms with Gasteiger partial charge in [-0.2, -0.15) is 4.98 Å². The lowest BCUT2D eigenvalue weighted by Crippen LogP contribution is -2.35. The largest absolute Gasteiger partial charge is 0.388 e. The zero-order chi connectivity index (χ0) is 19.3. The third kappa shape index (κ3) is 4.73. The summed E-state index contributed by atoms with van der Waals surface area (Å²) in [4.78, 5) is 21.9. The predicted octanol–water partition coefficient (Wildman–Crippen LogP) is 0.846. The molecule has 0 bridgehead atoms. The maximum atomic E-state index is 14.3. The van der Waals surface area contributed by atoms with E-state index in [2.05, 4.69) is 28.7 Å². The Morgan fingerprint density at radius 1 is 1.35 bits per heavy atom. The van der Waals surface area contributed by atoms with Gasteiger partial charge in [0.15, 0.2) is 17.9 Å². The predicted molar refractivity (Wildman–Crippen MR) is 95.2 cm³/mol. The Balaban J connectivity index is 2.14. The van der Waals surface area contributed by atoms with E-state index in [9.17, 15) is 19.4 Å². The minimum Gasteiger partial charge on any atom is -0.388 e. The molecule has 146 valence electrons. The van der Waals surface area contributed by atoms with Crippen molar-refractivity contribution in [3.05, 3.63) is 22.5 Å². The number of aliphatic hydroxyl groups excluding tert-OH is 2. The van der Waals surface area contributed by atoms with Gasteiger partial charge in [0.1, 0.15) is 12.2 Å². The smallest absolute Gasteiger partial charge is 0.352 e. The summed E-state index contributed by atoms with van der Waals surface area (Å²) in [6.07, 6.45) is 0.0900. The normalized spacial score (nSPS) is 26.3. The molecule has 0 amide bonds. The number of hydrogen-bond acceptors (Lipinski definition) is 7. The van der Waals surface area contributed by atoms with E-state index in [1.807, 2.05) is 0 Å². The molecule has 4 atom stereocenters. The minimum absolute atomic E-state index is 0.305. The second kappa shape index (κ2) is 9.31. The Morgan fingerprint density at radius 2 is 2.00 bits per heavy atom. The van der Waals surface area contributed by atoms with Gasteiger partial charge in [0.05, 0.1) is 12.3 Å². The SMILES string of the molecule is CCCN(CC=Nc1nc(=O)n([C@@H]2O[C@H](C)[C@@H](O)[C@H]2O)cc1F)CCC. The van der Waals surface area contributed by atoms with Crippen molar-refractivity contribution in [2.75, 3.05) is 19.6 Å². The van der Waals surface area contributed by atoms with Crippen LogP contribution in [0.3, 0.4) is 0 Å². The Labute approximate surface area is 152 Å². The fraction of sp³-hybridized carbons (Fsp3) is 0.706. The quantitative estimate of drug-likeness (QED) is 0.658. The van der Waals surface area contributed by atoms with Gasteiger partial charge in [0.2, 0.25) is 0 Å². The maximum Gasteiger partial charge on any atom is 0.352 e. The van der Waals surface area contributed by atoms with E-state index < -0.39 is 36.0 Å². The Bertz CT molecular complexity index is 675. The molecule has 1 aromatic rings. The number of ether oxygens (including phenoxy) is 1. The number of nitrogens with zero attached hydrogens (tertiary/aromatic N) is 4. The first-order chi connectivity index (χ1) is 12.4. The molecule has 0 spiro atoms. The van der Waals surface area contributed by atoms with E-state index in [4.69, 9.17) is 4.74 Å². The van der Waals surface area contributed by atoms with Crippen LogP contribution in [0.25, 0.3) is 0 Å². The molecule has 2 heterocycles. The lowest BCUT2D eigenvalue weighted by Gasteiger charge is -2.18. The van der Waals surface area contributed by atoms with Gasteiger partial charge in [-0.05, 0) is 32.9 Å². The second-order valence-electron chi connectivity index (χ2n) is 6.43. The number of hydrogen-bond donors (Lipinski definition) is 2. The summed E-state index contributed by atoms with van der Waals surface area (Å²) in [6, 6.07) is 0. The summed E-state index contributed by atoms with van der Waals surface area (Å²) in [5, 5.41) is 19.7. The number of aliphatic imine (C=N–C) groups is 1. The highest BCUT2D eigenvalue weighted by molar-refractivity contribution is 5.63. The van der Waals surface area contributed by atoms with Crippen LogP contribution in [0.15, 0.2) is 16.0 Å². The van der Waals surface area contributed by atoms with E-state index >= 15 is 0 Å². The van der Waals surface area contributed by atoms with Crippen LogP contribution in [0, 0.1) is 5.82 Å². The topological polar surface area (TPSA) is 100 Å². The first kappa shape index (κ1) is 20.6. The van der Waals surface area contributed by atoms with Crippen LogP contribution in [0.4, 0.5) is 10.2 Å². The molecule has 1 aromatic heterocycles. The highest BCUT2D eigenvalue weighted by Gasteiger charge is 2.42. The van der Waals surface area contributed by atoms with Crippen LogP contribution in [0.2, 0.25) is 0 Å². The van der Waals surface area contributed by atoms with Gasteiger partial charge in [-0.25, -0.2) is 14.2 Å². The van der Waals surface area contributed by atoms with E-state index in [1.54, 1.807) is 6.92 Å². The summed E-state index contributed by atoms with van der Waals surface area (Å²) >= 11 is 0. The van der Waals surface area contributed by atoms with Crippen molar-refractivity contribution in [3.63, 3.8) is 0 Å². The van der Waals surface area contributed by atoms with Crippen LogP contribution >= 0.6 is 0 Å². The van der Waals surface area contributed by atoms with Crippen molar-refractivity contribution in [2.45, 2.75) is 58.2 Å². The minimum atomic E-state index is -1.34. The highest BCUT2D eigenvalue weighted by atomic mass is 19.1. The second-order valence-corrected chi connectivity index (χ2v) is 6.43. The van der Waals surface area contributed by atoms with Crippen LogP contribution < -0.4 is 5.69 Å². The first-order valence-electron chi connectivity index (χ1n) is 8.94. The van der Waals surface area contributed by atoms with Gasteiger partial charge in [-0.15, -0.1) is 0 Å². The van der Waals surface area contributed by atoms with Crippen molar-refractivity contribution >= 4 is 12.0 Å². The average Bonchev–Trinajstić information content (AvgIpc) is 2.85. The Morgan fingerprint density at radius 3 is 2.54 bits per heavy atom. The molecule has 1 aliphatic rings. The number of aliphatic hydroxyl groups is 2. The summed E-state index contributed by atoms with van der Waals surface area (Å²) < 4.78 is 20.4. The monoisotopic (exact) mass is 370 g/mol. The molecule has 0 aromatic carbocycles. The average molecular weight is 370 g/mol. The van der Waals surface area contributed by atoms with Crippen molar-refractivity contribution in [1.29, 1.82) is 0 Å². The van der Waals surface area contributed by atoms with Crippen molar-refractivity contribution in [2.24, 2.45) is 4.99 Å². The highest BCUT2D eigenvalue weighted by Crippen LogP contribution is 2.28. The Kier molecular flexibility index (Phi) is 7.39. The molecule has 26 heavy (non-hydrogen) atoms. The van der Waals surface area contributed by atoms with Crippen LogP contribution in [-0.4, -0.2) is 68.8 Å². The molecule has 2 N–H and O–H groups in total. The van der Waals surface area contributed by atoms with Crippen LogP contribution in [0.1, 0.15) is 39.8 Å². The summed E-state index contributed by atoms with van der Waals surface area (Å²) in [7, 11) is 0. The molecule has 1 saturated heterocycles. The summed E-state index contributed by atoms with van der Waals surface area (Å²) in [6.45, 7) is 8.08. The van der Waals surface area contributed by atoms with Gasteiger partial charge in [0.25, 0.3) is 0 Å². The summed E-state index contributed by atoms with van der Waals surface area (Å²) in [5.41, 5.74) is -0.803. The van der Waals surface area contributed by atoms with E-state index in [0.717, 1.165) is 36.7 Å². The van der Waals surface area contributed by atoms with Crippen molar-refractivity contribution in [1.82, 2.24) is 14.5 Å². The van der Waals surface area contributed by atoms with E-state index in [1.165, 1.54) is 6.21 Å². The molecule has 0 unspecified atom stereocenters. The molecule has 0 aliphatic carbocycles. The molecular formula is C17H27FN4O4. The molecule has 9 heteroatoms. The number of halogens is 1. The molecule has 0 saturated carbocycles. The molecular weight excluding hydrogens is 343 g/mol. The van der Waals surface area contributed by atoms with E-state index in [-0.39, 0.29) is 5.82 Å². The van der Waals surface area contributed by atoms with Gasteiger partial charge < -0.3 is 14.9 Å². The standard InChI is InChI=1S/C17H27FN4O4/c1-4-7-21(8-5-2)9-6-19-15-12(18)10-22(17(25)20-15)16-14(24)13(23)11(3)26-16/h6,10-11,13-14,16,23-24H,4-5,7-9H2,1-3H3/t11-,13-,14-,16-/m1/s1. The molecule has 1 aliphatic heterocycles. The van der Waals surface area contributed by atoms with Gasteiger partial charge >= 0.3 is 5.69 Å². The lowest BCUT2D eigenvalue weighted by atomic mass is 10.1. The third-order valence-electron chi connectivity index (χ3n) is 4.27. The van der Waals surface area contributed by atoms with Crippen LogP contribution in [0.5, 0.6) is 0 Å². The van der Waals surface area contributed by atoms with Gasteiger partial charge in [-0.1, -0.05) is 13.8 Å². The fourth-order valence-corrected chi connectivity index (χ4v) is 2.94. The Hall–Kier alpha value is -1.68. The fourth-order valence-electron chi connectivity index (χ4n) is 2.94. The van der Waals surface area contributed by atoms with E-state index in [0.29, 0.717) is 6.54 Å². The van der Waals surface area contributed by atoms with Gasteiger partial charge in [0, 0.05) is 12.8 Å². The molecule has 2 rings (SSSR count). The van der Waals surface area contributed by atoms with Crippen molar-refractivity contribution in [3.8, 4) is 0 Å². The maximum absolute atomic E-state index is 14.3. The first-order valence-corrected chi connectivity index (χ1v) is 8.94. The van der Waals surface area contributed by atoms with Crippen molar-refractivity contribution < 1.29 is 19.3 Å². The number of rotatable bonds is 8. The molecule has 0 radical (unpaired) electrons. The van der Waals surface area contributed by atoms with Gasteiger partial charge in [-0.3, -0.25) is 9.47 Å². The third-order valence-corrected chi connectivity index (χ3v) is 4.27. The molecule has 8 nitrogen and oxygen atoms in total. The molecule has 1 fully saturated rings.